The highest BCUT2D eigenvalue weighted by Crippen LogP contribution is 2.24. The Morgan fingerprint density at radius 1 is 1.22 bits per heavy atom. The first-order chi connectivity index (χ1) is 12.7. The Balaban J connectivity index is 1.77. The summed E-state index contributed by atoms with van der Waals surface area (Å²) in [5.41, 5.74) is 2.49. The van der Waals surface area contributed by atoms with Gasteiger partial charge in [0.1, 0.15) is 5.82 Å². The van der Waals surface area contributed by atoms with Crippen LogP contribution >= 0.6 is 0 Å². The molecular weight excluding hydrogens is 366 g/mol. The van der Waals surface area contributed by atoms with Gasteiger partial charge in [0.05, 0.1) is 17.5 Å². The van der Waals surface area contributed by atoms with Gasteiger partial charge < -0.3 is 5.11 Å². The van der Waals surface area contributed by atoms with Gasteiger partial charge in [0.15, 0.2) is 0 Å². The van der Waals surface area contributed by atoms with E-state index in [1.165, 1.54) is 10.6 Å². The van der Waals surface area contributed by atoms with Crippen LogP contribution in [0.3, 0.4) is 0 Å². The molecule has 0 unspecified atom stereocenters. The number of hydrogen-bond donors (Lipinski definition) is 1. The maximum atomic E-state index is 11.6. The Morgan fingerprint density at radius 3 is 2.56 bits per heavy atom. The van der Waals surface area contributed by atoms with Crippen molar-refractivity contribution in [1.82, 2.24) is 14.3 Å². The molecule has 144 valence electrons. The van der Waals surface area contributed by atoms with Crippen LogP contribution in [0.4, 0.5) is 0 Å². The summed E-state index contributed by atoms with van der Waals surface area (Å²) in [6.07, 6.45) is 3.50. The fraction of sp³-hybridized carbons (Fsp3) is 0.421. The molecule has 0 aliphatic carbocycles. The number of nitrogens with zero attached hydrogens (tertiary/aromatic N) is 3. The minimum Gasteiger partial charge on any atom is -0.478 e. The lowest BCUT2D eigenvalue weighted by Crippen LogP contribution is -2.38. The molecule has 7 nitrogen and oxygen atoms in total. The molecule has 0 atom stereocenters. The fourth-order valence-electron chi connectivity index (χ4n) is 3.38. The number of sulfonamides is 1. The van der Waals surface area contributed by atoms with E-state index in [1.807, 2.05) is 19.1 Å². The predicted molar refractivity (Wildman–Crippen MR) is 102 cm³/mol. The summed E-state index contributed by atoms with van der Waals surface area (Å²) in [5, 5.41) is 9.18. The van der Waals surface area contributed by atoms with Gasteiger partial charge >= 0.3 is 5.97 Å². The van der Waals surface area contributed by atoms with Crippen LogP contribution < -0.4 is 0 Å². The van der Waals surface area contributed by atoms with Crippen LogP contribution in [-0.2, 0) is 16.4 Å². The van der Waals surface area contributed by atoms with E-state index in [2.05, 4.69) is 9.97 Å². The van der Waals surface area contributed by atoms with E-state index in [-0.39, 0.29) is 5.56 Å². The molecule has 8 heteroatoms. The minimum absolute atomic E-state index is 0.221. The van der Waals surface area contributed by atoms with Crippen LogP contribution in [0, 0.1) is 12.8 Å². The number of carboxylic acids is 1. The first-order valence-corrected chi connectivity index (χ1v) is 10.7. The van der Waals surface area contributed by atoms with E-state index < -0.39 is 16.0 Å². The van der Waals surface area contributed by atoms with E-state index in [1.54, 1.807) is 18.2 Å². The molecule has 1 fully saturated rings. The highest BCUT2D eigenvalue weighted by molar-refractivity contribution is 7.88. The average Bonchev–Trinajstić information content (AvgIpc) is 2.61. The SMILES string of the molecule is Cc1cc(-c2cccc(C(=O)O)c2)nc(CC2CCN(S(C)(=O)=O)CC2)n1. The lowest BCUT2D eigenvalue weighted by atomic mass is 9.94. The molecule has 0 amide bonds. The maximum Gasteiger partial charge on any atom is 0.335 e. The van der Waals surface area contributed by atoms with Crippen molar-refractivity contribution in [3.05, 3.63) is 47.4 Å². The summed E-state index contributed by atoms with van der Waals surface area (Å²) in [6, 6.07) is 8.55. The summed E-state index contributed by atoms with van der Waals surface area (Å²) >= 11 is 0. The molecular formula is C19H23N3O4S. The third-order valence-corrected chi connectivity index (χ3v) is 6.12. The molecule has 0 radical (unpaired) electrons. The Morgan fingerprint density at radius 2 is 1.93 bits per heavy atom. The van der Waals surface area contributed by atoms with Gasteiger partial charge in [-0.25, -0.2) is 27.5 Å². The highest BCUT2D eigenvalue weighted by atomic mass is 32.2. The number of carboxylic acid groups (broad SMARTS) is 1. The van der Waals surface area contributed by atoms with E-state index in [4.69, 9.17) is 0 Å². The molecule has 1 saturated heterocycles. The molecule has 0 bridgehead atoms. The summed E-state index contributed by atoms with van der Waals surface area (Å²) in [5.74, 6) is 0.0759. The molecule has 27 heavy (non-hydrogen) atoms. The summed E-state index contributed by atoms with van der Waals surface area (Å²) in [7, 11) is -3.13. The van der Waals surface area contributed by atoms with Crippen molar-refractivity contribution in [3.8, 4) is 11.3 Å². The number of aryl methyl sites for hydroxylation is 1. The second-order valence-electron chi connectivity index (χ2n) is 7.01. The van der Waals surface area contributed by atoms with Gasteiger partial charge in [-0.15, -0.1) is 0 Å². The van der Waals surface area contributed by atoms with Crippen LogP contribution in [-0.4, -0.2) is 53.1 Å². The Bertz CT molecular complexity index is 951. The molecule has 1 aromatic heterocycles. The van der Waals surface area contributed by atoms with E-state index >= 15 is 0 Å². The first-order valence-electron chi connectivity index (χ1n) is 8.86. The summed E-state index contributed by atoms with van der Waals surface area (Å²) in [4.78, 5) is 20.3. The maximum absolute atomic E-state index is 11.6. The Hall–Kier alpha value is -2.32. The molecule has 1 aromatic carbocycles. The van der Waals surface area contributed by atoms with Crippen molar-refractivity contribution < 1.29 is 18.3 Å². The zero-order valence-corrected chi connectivity index (χ0v) is 16.2. The molecule has 0 spiro atoms. The molecule has 3 rings (SSSR count). The van der Waals surface area contributed by atoms with Gasteiger partial charge in [0.25, 0.3) is 0 Å². The monoisotopic (exact) mass is 389 g/mol. The number of rotatable bonds is 5. The van der Waals surface area contributed by atoms with Crippen LogP contribution in [0.25, 0.3) is 11.3 Å². The zero-order chi connectivity index (χ0) is 19.6. The number of benzene rings is 1. The van der Waals surface area contributed by atoms with E-state index in [9.17, 15) is 18.3 Å². The van der Waals surface area contributed by atoms with Crippen LogP contribution in [0.5, 0.6) is 0 Å². The normalized spacial score (nSPS) is 16.4. The number of piperidine rings is 1. The highest BCUT2D eigenvalue weighted by Gasteiger charge is 2.25. The van der Waals surface area contributed by atoms with E-state index in [0.717, 1.165) is 24.1 Å². The average molecular weight is 389 g/mol. The van der Waals surface area contributed by atoms with Gasteiger partial charge in [-0.1, -0.05) is 12.1 Å². The van der Waals surface area contributed by atoms with Gasteiger partial charge in [0, 0.05) is 30.8 Å². The van der Waals surface area contributed by atoms with Crippen molar-refractivity contribution in [2.75, 3.05) is 19.3 Å². The van der Waals surface area contributed by atoms with Gasteiger partial charge in [-0.2, -0.15) is 0 Å². The Labute approximate surface area is 159 Å². The Kier molecular flexibility index (Phi) is 5.57. The third-order valence-electron chi connectivity index (χ3n) is 4.82. The summed E-state index contributed by atoms with van der Waals surface area (Å²) in [6.45, 7) is 2.95. The number of carbonyl (C=O) groups is 1. The van der Waals surface area contributed by atoms with Gasteiger partial charge in [-0.3, -0.25) is 0 Å². The lowest BCUT2D eigenvalue weighted by Gasteiger charge is -2.29. The lowest BCUT2D eigenvalue weighted by molar-refractivity contribution is 0.0697. The van der Waals surface area contributed by atoms with Gasteiger partial charge in [-0.05, 0) is 43.9 Å². The van der Waals surface area contributed by atoms with E-state index in [0.29, 0.717) is 36.9 Å². The van der Waals surface area contributed by atoms with Crippen molar-refractivity contribution in [3.63, 3.8) is 0 Å². The number of aromatic nitrogens is 2. The zero-order valence-electron chi connectivity index (χ0n) is 15.4. The standard InChI is InChI=1S/C19H23N3O4S/c1-13-10-17(15-4-3-5-16(12-15)19(23)24)21-18(20-13)11-14-6-8-22(9-7-14)27(2,25)26/h3-5,10,12,14H,6-9,11H2,1-2H3,(H,23,24). The molecule has 1 aliphatic heterocycles. The predicted octanol–water partition coefficient (Wildman–Crippen LogP) is 2.36. The summed E-state index contributed by atoms with van der Waals surface area (Å²) < 4.78 is 24.8. The van der Waals surface area contributed by atoms with Crippen molar-refractivity contribution in [2.24, 2.45) is 5.92 Å². The number of aromatic carboxylic acids is 1. The smallest absolute Gasteiger partial charge is 0.335 e. The largest absolute Gasteiger partial charge is 0.478 e. The first kappa shape index (κ1) is 19.4. The molecule has 1 aliphatic rings. The third kappa shape index (κ3) is 4.90. The fourth-order valence-corrected chi connectivity index (χ4v) is 4.26. The van der Waals surface area contributed by atoms with Crippen molar-refractivity contribution >= 4 is 16.0 Å². The van der Waals surface area contributed by atoms with Crippen molar-refractivity contribution in [2.45, 2.75) is 26.2 Å². The second-order valence-corrected chi connectivity index (χ2v) is 8.99. The quantitative estimate of drug-likeness (QED) is 0.843. The van der Waals surface area contributed by atoms with Crippen LogP contribution in [0.1, 0.15) is 34.7 Å². The molecule has 2 heterocycles. The van der Waals surface area contributed by atoms with Crippen LogP contribution in [0.2, 0.25) is 0 Å². The van der Waals surface area contributed by atoms with Gasteiger partial charge in [0.2, 0.25) is 10.0 Å². The molecule has 0 saturated carbocycles. The second kappa shape index (κ2) is 7.74. The molecule has 1 N–H and O–H groups in total. The molecule has 2 aromatic rings. The topological polar surface area (TPSA) is 100 Å². The number of hydrogen-bond acceptors (Lipinski definition) is 5. The van der Waals surface area contributed by atoms with Crippen molar-refractivity contribution in [1.29, 1.82) is 0 Å². The minimum atomic E-state index is -3.13. The van der Waals surface area contributed by atoms with Crippen LogP contribution in [0.15, 0.2) is 30.3 Å².